The van der Waals surface area contributed by atoms with E-state index >= 15 is 0 Å². The summed E-state index contributed by atoms with van der Waals surface area (Å²) in [6, 6.07) is 0. The molecule has 0 amide bonds. The van der Waals surface area contributed by atoms with Crippen LogP contribution in [0.1, 0.15) is 252 Å². The Kier molecular flexibility index (Phi) is 54.9. The quantitative estimate of drug-likeness (QED) is 0.0261. The third kappa shape index (κ3) is 56.6. The predicted octanol–water partition coefficient (Wildman–Crippen LogP) is 19.6. The van der Waals surface area contributed by atoms with Gasteiger partial charge in [-0.1, -0.05) is 219 Å². The Morgan fingerprint density at radius 1 is 0.296 bits per heavy atom. The summed E-state index contributed by atoms with van der Waals surface area (Å²) in [6.07, 6.45) is 80.4. The van der Waals surface area contributed by atoms with Crippen LogP contribution >= 0.6 is 0 Å². The number of hydrogen-bond donors (Lipinski definition) is 0. The van der Waals surface area contributed by atoms with Crippen LogP contribution in [-0.4, -0.2) is 37.2 Å². The molecule has 0 aromatic rings. The molecule has 1 atom stereocenters. The standard InChI is InChI=1S/C65H106O6/c1-4-7-10-13-16-19-22-25-28-31-32-33-34-35-38-40-43-46-49-52-55-58-64(67)70-61-62(71-65(68)59-56-53-50-47-44-41-37-30-27-24-21-18-15-12-9-6-3)60-69-63(66)57-54-51-48-45-42-39-36-29-26-23-20-17-14-11-8-5-2/h7,10,16,19-21,23-25,28-30,32-33,35-38,43,46,62H,4-6,8-9,11-15,17-18,22,26-27,31,34,39-42,44-45,47-61H2,1-3H3/b10-7-,19-16-,23-20-,24-21-,28-25-,33-32-,36-29-,37-30-,38-35-,46-43-. The fourth-order valence-corrected chi connectivity index (χ4v) is 7.56. The van der Waals surface area contributed by atoms with Gasteiger partial charge in [0, 0.05) is 19.3 Å². The molecule has 0 bridgehead atoms. The molecule has 0 aliphatic rings. The topological polar surface area (TPSA) is 78.9 Å². The molecule has 71 heavy (non-hydrogen) atoms. The Labute approximate surface area is 437 Å². The number of carbonyl (C=O) groups is 3. The van der Waals surface area contributed by atoms with E-state index in [1.165, 1.54) is 64.2 Å². The number of hydrogen-bond acceptors (Lipinski definition) is 6. The van der Waals surface area contributed by atoms with E-state index in [1.807, 2.05) is 0 Å². The van der Waals surface area contributed by atoms with Gasteiger partial charge in [0.2, 0.25) is 0 Å². The summed E-state index contributed by atoms with van der Waals surface area (Å²) in [6.45, 7) is 6.43. The van der Waals surface area contributed by atoms with Crippen LogP contribution in [0.3, 0.4) is 0 Å². The van der Waals surface area contributed by atoms with Crippen molar-refractivity contribution in [2.24, 2.45) is 0 Å². The third-order valence-electron chi connectivity index (χ3n) is 11.9. The summed E-state index contributed by atoms with van der Waals surface area (Å²) in [4.78, 5) is 38.2. The molecule has 0 heterocycles. The zero-order chi connectivity index (χ0) is 51.4. The first-order valence-electron chi connectivity index (χ1n) is 29.0. The Hall–Kier alpha value is -4.19. The lowest BCUT2D eigenvalue weighted by Crippen LogP contribution is -2.30. The third-order valence-corrected chi connectivity index (χ3v) is 11.9. The van der Waals surface area contributed by atoms with Crippen molar-refractivity contribution in [3.8, 4) is 0 Å². The molecule has 0 saturated carbocycles. The molecular formula is C65H106O6. The highest BCUT2D eigenvalue weighted by Gasteiger charge is 2.19. The van der Waals surface area contributed by atoms with Gasteiger partial charge in [0.1, 0.15) is 13.2 Å². The Morgan fingerprint density at radius 2 is 0.549 bits per heavy atom. The van der Waals surface area contributed by atoms with Crippen molar-refractivity contribution in [3.05, 3.63) is 122 Å². The molecule has 0 spiro atoms. The maximum atomic E-state index is 12.9. The largest absolute Gasteiger partial charge is 0.462 e. The summed E-state index contributed by atoms with van der Waals surface area (Å²) >= 11 is 0. The van der Waals surface area contributed by atoms with E-state index in [2.05, 4.69) is 142 Å². The molecule has 0 fully saturated rings. The second-order valence-electron chi connectivity index (χ2n) is 18.8. The number of ether oxygens (including phenoxy) is 3. The van der Waals surface area contributed by atoms with Crippen molar-refractivity contribution in [3.63, 3.8) is 0 Å². The molecule has 6 nitrogen and oxygen atoms in total. The van der Waals surface area contributed by atoms with Gasteiger partial charge in [0.05, 0.1) is 0 Å². The summed E-state index contributed by atoms with van der Waals surface area (Å²) in [5.41, 5.74) is 0. The highest BCUT2D eigenvalue weighted by molar-refractivity contribution is 5.71. The second-order valence-corrected chi connectivity index (χ2v) is 18.8. The molecule has 0 N–H and O–H groups in total. The van der Waals surface area contributed by atoms with Crippen LogP contribution in [0.25, 0.3) is 0 Å². The van der Waals surface area contributed by atoms with E-state index in [4.69, 9.17) is 14.2 Å². The van der Waals surface area contributed by atoms with Crippen molar-refractivity contribution in [1.29, 1.82) is 0 Å². The molecule has 0 rings (SSSR count). The van der Waals surface area contributed by atoms with Gasteiger partial charge in [-0.05, 0) is 135 Å². The van der Waals surface area contributed by atoms with E-state index in [1.54, 1.807) is 0 Å². The van der Waals surface area contributed by atoms with Crippen LogP contribution in [0, 0.1) is 0 Å². The van der Waals surface area contributed by atoms with Crippen LogP contribution in [-0.2, 0) is 28.6 Å². The SMILES string of the molecule is CC/C=C\C/C=C\C/C=C\C/C=C\C/C=C\C/C=C\CCCCC(=O)OCC(COC(=O)CCCCCCC/C=C\C/C=C\CCCCCC)OC(=O)CCCCCCC/C=C\C/C=C\CCCCCC. The molecule has 0 aliphatic carbocycles. The van der Waals surface area contributed by atoms with Gasteiger partial charge in [-0.25, -0.2) is 0 Å². The zero-order valence-corrected chi connectivity index (χ0v) is 45.9. The minimum absolute atomic E-state index is 0.108. The molecule has 0 aromatic carbocycles. The summed E-state index contributed by atoms with van der Waals surface area (Å²) in [5, 5.41) is 0. The molecular weight excluding hydrogens is 877 g/mol. The van der Waals surface area contributed by atoms with E-state index in [0.717, 1.165) is 141 Å². The minimum atomic E-state index is -0.814. The lowest BCUT2D eigenvalue weighted by Gasteiger charge is -2.18. The highest BCUT2D eigenvalue weighted by Crippen LogP contribution is 2.13. The predicted molar refractivity (Wildman–Crippen MR) is 306 cm³/mol. The van der Waals surface area contributed by atoms with Crippen LogP contribution in [0.2, 0.25) is 0 Å². The van der Waals surface area contributed by atoms with E-state index < -0.39 is 6.10 Å². The summed E-state index contributed by atoms with van der Waals surface area (Å²) in [5.74, 6) is -0.981. The van der Waals surface area contributed by atoms with Gasteiger partial charge in [-0.15, -0.1) is 0 Å². The number of unbranched alkanes of at least 4 members (excludes halogenated alkanes) is 20. The van der Waals surface area contributed by atoms with E-state index in [-0.39, 0.29) is 31.1 Å². The van der Waals surface area contributed by atoms with Crippen LogP contribution in [0.4, 0.5) is 0 Å². The van der Waals surface area contributed by atoms with Crippen molar-refractivity contribution >= 4 is 17.9 Å². The van der Waals surface area contributed by atoms with Gasteiger partial charge in [-0.2, -0.15) is 0 Å². The average molecular weight is 984 g/mol. The Balaban J connectivity index is 4.53. The first kappa shape index (κ1) is 66.8. The number of rotatable bonds is 51. The van der Waals surface area contributed by atoms with E-state index in [9.17, 15) is 14.4 Å². The maximum absolute atomic E-state index is 12.9. The monoisotopic (exact) mass is 983 g/mol. The second kappa shape index (κ2) is 58.4. The average Bonchev–Trinajstić information content (AvgIpc) is 3.37. The Morgan fingerprint density at radius 3 is 0.887 bits per heavy atom. The van der Waals surface area contributed by atoms with Gasteiger partial charge in [-0.3, -0.25) is 14.4 Å². The van der Waals surface area contributed by atoms with Gasteiger partial charge < -0.3 is 14.2 Å². The van der Waals surface area contributed by atoms with Crippen molar-refractivity contribution in [2.45, 2.75) is 258 Å². The van der Waals surface area contributed by atoms with E-state index in [0.29, 0.717) is 25.7 Å². The Bertz CT molecular complexity index is 1500. The van der Waals surface area contributed by atoms with Gasteiger partial charge in [0.15, 0.2) is 6.10 Å². The molecule has 0 radical (unpaired) electrons. The smallest absolute Gasteiger partial charge is 0.306 e. The van der Waals surface area contributed by atoms with Crippen LogP contribution in [0.15, 0.2) is 122 Å². The molecule has 1 unspecified atom stereocenters. The minimum Gasteiger partial charge on any atom is -0.462 e. The lowest BCUT2D eigenvalue weighted by molar-refractivity contribution is -0.167. The maximum Gasteiger partial charge on any atom is 0.306 e. The van der Waals surface area contributed by atoms with Crippen molar-refractivity contribution in [1.82, 2.24) is 0 Å². The number of allylic oxidation sites excluding steroid dienone is 20. The number of esters is 3. The molecule has 0 aliphatic heterocycles. The normalized spacial score (nSPS) is 13.0. The highest BCUT2D eigenvalue weighted by atomic mass is 16.6. The molecule has 402 valence electrons. The van der Waals surface area contributed by atoms with Crippen LogP contribution in [0.5, 0.6) is 0 Å². The fraction of sp³-hybridized carbons (Fsp3) is 0.646. The number of carbonyl (C=O) groups excluding carboxylic acids is 3. The molecule has 0 saturated heterocycles. The summed E-state index contributed by atoms with van der Waals surface area (Å²) in [7, 11) is 0. The van der Waals surface area contributed by atoms with Crippen LogP contribution < -0.4 is 0 Å². The summed E-state index contributed by atoms with van der Waals surface area (Å²) < 4.78 is 16.8. The van der Waals surface area contributed by atoms with Crippen molar-refractivity contribution in [2.75, 3.05) is 13.2 Å². The first-order valence-corrected chi connectivity index (χ1v) is 29.0. The molecule has 6 heteroatoms. The lowest BCUT2D eigenvalue weighted by atomic mass is 10.1. The van der Waals surface area contributed by atoms with Crippen molar-refractivity contribution < 1.29 is 28.6 Å². The first-order chi connectivity index (χ1) is 35.0. The molecule has 0 aromatic heterocycles. The zero-order valence-electron chi connectivity index (χ0n) is 45.9. The fourth-order valence-electron chi connectivity index (χ4n) is 7.56. The van der Waals surface area contributed by atoms with Gasteiger partial charge in [0.25, 0.3) is 0 Å². The van der Waals surface area contributed by atoms with Gasteiger partial charge >= 0.3 is 17.9 Å².